The Labute approximate surface area is 120 Å². The first-order valence-electron chi connectivity index (χ1n) is 7.39. The molecule has 0 spiro atoms. The van der Waals surface area contributed by atoms with Crippen LogP contribution < -0.4 is 4.74 Å². The molecule has 0 amide bonds. The minimum Gasteiger partial charge on any atom is -0.494 e. The van der Waals surface area contributed by atoms with Crippen molar-refractivity contribution in [3.05, 3.63) is 29.8 Å². The van der Waals surface area contributed by atoms with Gasteiger partial charge in [-0.05, 0) is 43.9 Å². The van der Waals surface area contributed by atoms with Gasteiger partial charge in [0.05, 0.1) is 25.9 Å². The fraction of sp³-hybridized carbons (Fsp3) is 0.625. The number of benzene rings is 1. The SMILES string of the molecule is CCOc1ccc(C(O)COCC2CCCCO2)cc1. The molecule has 1 saturated heterocycles. The Morgan fingerprint density at radius 3 is 2.75 bits per heavy atom. The molecule has 0 radical (unpaired) electrons. The van der Waals surface area contributed by atoms with Gasteiger partial charge >= 0.3 is 0 Å². The maximum Gasteiger partial charge on any atom is 0.119 e. The molecule has 112 valence electrons. The Hall–Kier alpha value is -1.10. The third-order valence-corrected chi connectivity index (χ3v) is 3.43. The fourth-order valence-corrected chi connectivity index (χ4v) is 2.30. The molecule has 2 atom stereocenters. The van der Waals surface area contributed by atoms with Crippen molar-refractivity contribution in [2.45, 2.75) is 38.4 Å². The van der Waals surface area contributed by atoms with E-state index in [-0.39, 0.29) is 6.10 Å². The van der Waals surface area contributed by atoms with Gasteiger partial charge in [-0.3, -0.25) is 0 Å². The summed E-state index contributed by atoms with van der Waals surface area (Å²) in [6.45, 7) is 4.29. The third-order valence-electron chi connectivity index (χ3n) is 3.43. The van der Waals surface area contributed by atoms with Crippen LogP contribution in [-0.4, -0.2) is 37.6 Å². The third kappa shape index (κ3) is 4.78. The lowest BCUT2D eigenvalue weighted by molar-refractivity contribution is -0.0574. The highest BCUT2D eigenvalue weighted by atomic mass is 16.5. The highest BCUT2D eigenvalue weighted by molar-refractivity contribution is 5.28. The molecule has 1 aliphatic rings. The first-order chi connectivity index (χ1) is 9.79. The number of hydrogen-bond acceptors (Lipinski definition) is 4. The molecule has 1 aromatic rings. The number of rotatable bonds is 7. The number of hydrogen-bond donors (Lipinski definition) is 1. The molecule has 2 unspecified atom stereocenters. The van der Waals surface area contributed by atoms with Crippen LogP contribution in [0.5, 0.6) is 5.75 Å². The molecule has 20 heavy (non-hydrogen) atoms. The second-order valence-electron chi connectivity index (χ2n) is 5.04. The van der Waals surface area contributed by atoms with E-state index in [1.807, 2.05) is 31.2 Å². The average Bonchev–Trinajstić information content (AvgIpc) is 2.49. The van der Waals surface area contributed by atoms with Crippen LogP contribution in [-0.2, 0) is 9.47 Å². The molecule has 2 rings (SSSR count). The minimum absolute atomic E-state index is 0.191. The van der Waals surface area contributed by atoms with Crippen LogP contribution in [0.4, 0.5) is 0 Å². The van der Waals surface area contributed by atoms with E-state index in [4.69, 9.17) is 14.2 Å². The molecule has 0 aliphatic carbocycles. The Kier molecular flexibility index (Phi) is 6.30. The van der Waals surface area contributed by atoms with Crippen molar-refractivity contribution in [2.24, 2.45) is 0 Å². The molecule has 1 fully saturated rings. The zero-order valence-electron chi connectivity index (χ0n) is 12.1. The van der Waals surface area contributed by atoms with Crippen molar-refractivity contribution >= 4 is 0 Å². The Morgan fingerprint density at radius 2 is 2.10 bits per heavy atom. The lowest BCUT2D eigenvalue weighted by Gasteiger charge is -2.23. The zero-order chi connectivity index (χ0) is 14.2. The van der Waals surface area contributed by atoms with E-state index in [1.54, 1.807) is 0 Å². The predicted molar refractivity (Wildman–Crippen MR) is 77.0 cm³/mol. The van der Waals surface area contributed by atoms with Crippen LogP contribution in [0.3, 0.4) is 0 Å². The molecule has 1 N–H and O–H groups in total. The zero-order valence-corrected chi connectivity index (χ0v) is 12.1. The molecule has 4 nitrogen and oxygen atoms in total. The van der Waals surface area contributed by atoms with E-state index in [9.17, 15) is 5.11 Å². The Balaban J connectivity index is 1.71. The predicted octanol–water partition coefficient (Wildman–Crippen LogP) is 2.70. The second-order valence-corrected chi connectivity index (χ2v) is 5.04. The smallest absolute Gasteiger partial charge is 0.119 e. The number of aliphatic hydroxyl groups is 1. The fourth-order valence-electron chi connectivity index (χ4n) is 2.30. The maximum atomic E-state index is 10.1. The summed E-state index contributed by atoms with van der Waals surface area (Å²) in [6.07, 6.45) is 2.99. The van der Waals surface area contributed by atoms with Crippen molar-refractivity contribution in [1.29, 1.82) is 0 Å². The molecular formula is C16H24O4. The summed E-state index contributed by atoms with van der Waals surface area (Å²) in [4.78, 5) is 0. The molecule has 0 aromatic heterocycles. The van der Waals surface area contributed by atoms with Gasteiger partial charge in [0.25, 0.3) is 0 Å². The summed E-state index contributed by atoms with van der Waals surface area (Å²) in [5, 5.41) is 10.1. The van der Waals surface area contributed by atoms with Crippen molar-refractivity contribution in [3.8, 4) is 5.75 Å². The summed E-state index contributed by atoms with van der Waals surface area (Å²) in [7, 11) is 0. The largest absolute Gasteiger partial charge is 0.494 e. The second kappa shape index (κ2) is 8.25. The van der Waals surface area contributed by atoms with Crippen LogP contribution in [0, 0.1) is 0 Å². The van der Waals surface area contributed by atoms with E-state index >= 15 is 0 Å². The van der Waals surface area contributed by atoms with Crippen LogP contribution in [0.25, 0.3) is 0 Å². The lowest BCUT2D eigenvalue weighted by Crippen LogP contribution is -2.25. The highest BCUT2D eigenvalue weighted by Crippen LogP contribution is 2.19. The van der Waals surface area contributed by atoms with Gasteiger partial charge < -0.3 is 19.3 Å². The van der Waals surface area contributed by atoms with Gasteiger partial charge in [-0.25, -0.2) is 0 Å². The van der Waals surface area contributed by atoms with Crippen LogP contribution in [0.1, 0.15) is 37.9 Å². The summed E-state index contributed by atoms with van der Waals surface area (Å²) in [5.74, 6) is 0.819. The Morgan fingerprint density at radius 1 is 1.30 bits per heavy atom. The van der Waals surface area contributed by atoms with Crippen LogP contribution in [0.2, 0.25) is 0 Å². The van der Waals surface area contributed by atoms with Gasteiger partial charge in [0.15, 0.2) is 0 Å². The van der Waals surface area contributed by atoms with Crippen molar-refractivity contribution in [1.82, 2.24) is 0 Å². The molecule has 1 heterocycles. The van der Waals surface area contributed by atoms with E-state index in [0.717, 1.165) is 30.8 Å². The summed E-state index contributed by atoms with van der Waals surface area (Å²) in [5.41, 5.74) is 0.845. The first kappa shape index (κ1) is 15.3. The molecular weight excluding hydrogens is 256 g/mol. The topological polar surface area (TPSA) is 47.9 Å². The van der Waals surface area contributed by atoms with Crippen molar-refractivity contribution in [3.63, 3.8) is 0 Å². The van der Waals surface area contributed by atoms with Gasteiger partial charge in [0.1, 0.15) is 11.9 Å². The summed E-state index contributed by atoms with van der Waals surface area (Å²) >= 11 is 0. The molecule has 1 aliphatic heterocycles. The van der Waals surface area contributed by atoms with E-state index < -0.39 is 6.10 Å². The van der Waals surface area contributed by atoms with Gasteiger partial charge in [0.2, 0.25) is 0 Å². The van der Waals surface area contributed by atoms with E-state index in [1.165, 1.54) is 6.42 Å². The average molecular weight is 280 g/mol. The standard InChI is InChI=1S/C16H24O4/c1-2-19-14-8-6-13(7-9-14)16(17)12-18-11-15-5-3-4-10-20-15/h6-9,15-17H,2-5,10-12H2,1H3. The lowest BCUT2D eigenvalue weighted by atomic mass is 10.1. The van der Waals surface area contributed by atoms with Gasteiger partial charge in [-0.1, -0.05) is 12.1 Å². The van der Waals surface area contributed by atoms with Crippen LogP contribution >= 0.6 is 0 Å². The summed E-state index contributed by atoms with van der Waals surface area (Å²) < 4.78 is 16.5. The number of ether oxygens (including phenoxy) is 3. The highest BCUT2D eigenvalue weighted by Gasteiger charge is 2.15. The van der Waals surface area contributed by atoms with Gasteiger partial charge in [-0.2, -0.15) is 0 Å². The van der Waals surface area contributed by atoms with Crippen molar-refractivity contribution < 1.29 is 19.3 Å². The maximum absolute atomic E-state index is 10.1. The quantitative estimate of drug-likeness (QED) is 0.834. The summed E-state index contributed by atoms with van der Waals surface area (Å²) in [6, 6.07) is 7.48. The van der Waals surface area contributed by atoms with Crippen molar-refractivity contribution in [2.75, 3.05) is 26.4 Å². The molecule has 0 saturated carbocycles. The molecule has 0 bridgehead atoms. The monoisotopic (exact) mass is 280 g/mol. The van der Waals surface area contributed by atoms with E-state index in [0.29, 0.717) is 19.8 Å². The normalized spacial score (nSPS) is 20.6. The van der Waals surface area contributed by atoms with Gasteiger partial charge in [-0.15, -0.1) is 0 Å². The molecule has 1 aromatic carbocycles. The van der Waals surface area contributed by atoms with Crippen LogP contribution in [0.15, 0.2) is 24.3 Å². The Bertz CT molecular complexity index is 371. The van der Waals surface area contributed by atoms with Gasteiger partial charge in [0, 0.05) is 6.61 Å². The van der Waals surface area contributed by atoms with E-state index in [2.05, 4.69) is 0 Å². The number of aliphatic hydroxyl groups excluding tert-OH is 1. The molecule has 4 heteroatoms. The first-order valence-corrected chi connectivity index (χ1v) is 7.39. The minimum atomic E-state index is -0.603.